The lowest BCUT2D eigenvalue weighted by atomic mass is 10.1. The summed E-state index contributed by atoms with van der Waals surface area (Å²) < 4.78 is 18.9. The molecule has 0 heterocycles. The first-order valence-corrected chi connectivity index (χ1v) is 6.67. The lowest BCUT2D eigenvalue weighted by molar-refractivity contribution is 0.317. The SMILES string of the molecule is CCCOc1ccc(C#Cc2ccc(C#N)c(F)c2)cc1. The van der Waals surface area contributed by atoms with Crippen LogP contribution in [0, 0.1) is 29.0 Å². The van der Waals surface area contributed by atoms with Gasteiger partial charge in [0, 0.05) is 11.1 Å². The zero-order valence-corrected chi connectivity index (χ0v) is 11.7. The Balaban J connectivity index is 2.12. The van der Waals surface area contributed by atoms with E-state index in [0.717, 1.165) is 17.7 Å². The fraction of sp³-hybridized carbons (Fsp3) is 0.167. The largest absolute Gasteiger partial charge is 0.494 e. The number of ether oxygens (including phenoxy) is 1. The Morgan fingerprint density at radius 2 is 1.71 bits per heavy atom. The highest BCUT2D eigenvalue weighted by molar-refractivity contribution is 5.46. The molecule has 0 amide bonds. The number of nitrogens with zero attached hydrogens (tertiary/aromatic N) is 1. The summed E-state index contributed by atoms with van der Waals surface area (Å²) in [5.74, 6) is 6.09. The van der Waals surface area contributed by atoms with E-state index in [2.05, 4.69) is 18.8 Å². The first-order valence-electron chi connectivity index (χ1n) is 6.67. The van der Waals surface area contributed by atoms with Crippen molar-refractivity contribution in [3.05, 3.63) is 65.0 Å². The molecule has 2 nitrogen and oxygen atoms in total. The van der Waals surface area contributed by atoms with Crippen LogP contribution >= 0.6 is 0 Å². The van der Waals surface area contributed by atoms with E-state index >= 15 is 0 Å². The highest BCUT2D eigenvalue weighted by Gasteiger charge is 2.00. The van der Waals surface area contributed by atoms with E-state index in [0.29, 0.717) is 12.2 Å². The van der Waals surface area contributed by atoms with Gasteiger partial charge in [0.25, 0.3) is 0 Å². The second-order valence-corrected chi connectivity index (χ2v) is 4.43. The average molecular weight is 279 g/mol. The van der Waals surface area contributed by atoms with Crippen LogP contribution in [0.5, 0.6) is 5.75 Å². The molecule has 0 radical (unpaired) electrons. The summed E-state index contributed by atoms with van der Waals surface area (Å²) >= 11 is 0. The van der Waals surface area contributed by atoms with Crippen LogP contribution in [0.3, 0.4) is 0 Å². The molecule has 2 aromatic carbocycles. The molecule has 0 aliphatic rings. The summed E-state index contributed by atoms with van der Waals surface area (Å²) in [6.45, 7) is 2.74. The van der Waals surface area contributed by atoms with E-state index in [1.54, 1.807) is 12.1 Å². The number of halogens is 1. The van der Waals surface area contributed by atoms with E-state index < -0.39 is 5.82 Å². The summed E-state index contributed by atoms with van der Waals surface area (Å²) in [6.07, 6.45) is 0.964. The minimum absolute atomic E-state index is 0.0259. The molecular weight excluding hydrogens is 265 g/mol. The number of nitriles is 1. The van der Waals surface area contributed by atoms with E-state index in [1.807, 2.05) is 24.3 Å². The Morgan fingerprint density at radius 1 is 1.05 bits per heavy atom. The van der Waals surface area contributed by atoms with Gasteiger partial charge in [-0.15, -0.1) is 0 Å². The van der Waals surface area contributed by atoms with Crippen molar-refractivity contribution in [2.75, 3.05) is 6.61 Å². The molecule has 0 unspecified atom stereocenters. The third-order valence-electron chi connectivity index (χ3n) is 2.77. The Morgan fingerprint density at radius 3 is 2.33 bits per heavy atom. The van der Waals surface area contributed by atoms with Gasteiger partial charge < -0.3 is 4.74 Å². The molecule has 104 valence electrons. The van der Waals surface area contributed by atoms with Crippen molar-refractivity contribution < 1.29 is 9.13 Å². The van der Waals surface area contributed by atoms with Crippen molar-refractivity contribution in [1.82, 2.24) is 0 Å². The number of hydrogen-bond donors (Lipinski definition) is 0. The number of benzene rings is 2. The van der Waals surface area contributed by atoms with Gasteiger partial charge in [-0.2, -0.15) is 5.26 Å². The molecule has 3 heteroatoms. The molecule has 0 bridgehead atoms. The lowest BCUT2D eigenvalue weighted by Gasteiger charge is -2.03. The van der Waals surface area contributed by atoms with Crippen molar-refractivity contribution in [1.29, 1.82) is 5.26 Å². The molecule has 0 N–H and O–H groups in total. The molecule has 0 saturated heterocycles. The van der Waals surface area contributed by atoms with Gasteiger partial charge in [0.2, 0.25) is 0 Å². The van der Waals surface area contributed by atoms with Gasteiger partial charge in [-0.25, -0.2) is 4.39 Å². The van der Waals surface area contributed by atoms with Crippen LogP contribution in [0.15, 0.2) is 42.5 Å². The maximum Gasteiger partial charge on any atom is 0.142 e. The van der Waals surface area contributed by atoms with E-state index in [9.17, 15) is 4.39 Å². The van der Waals surface area contributed by atoms with Crippen molar-refractivity contribution in [3.8, 4) is 23.7 Å². The topological polar surface area (TPSA) is 33.0 Å². The highest BCUT2D eigenvalue weighted by Crippen LogP contribution is 2.12. The van der Waals surface area contributed by atoms with Gasteiger partial charge in [-0.3, -0.25) is 0 Å². The quantitative estimate of drug-likeness (QED) is 0.799. The van der Waals surface area contributed by atoms with E-state index in [4.69, 9.17) is 10.00 Å². The van der Waals surface area contributed by atoms with Crippen LogP contribution in [0.25, 0.3) is 0 Å². The minimum Gasteiger partial charge on any atom is -0.494 e. The molecule has 0 saturated carbocycles. The average Bonchev–Trinajstić information content (AvgIpc) is 2.52. The zero-order valence-electron chi connectivity index (χ0n) is 11.7. The molecule has 21 heavy (non-hydrogen) atoms. The fourth-order valence-electron chi connectivity index (χ4n) is 1.68. The standard InChI is InChI=1S/C18H14FNO/c1-2-11-21-17-9-6-14(7-10-17)3-4-15-5-8-16(13-20)18(19)12-15/h5-10,12H,2,11H2,1H3. The third kappa shape index (κ3) is 4.09. The van der Waals surface area contributed by atoms with Crippen molar-refractivity contribution in [2.24, 2.45) is 0 Å². The maximum atomic E-state index is 13.4. The first kappa shape index (κ1) is 14.6. The van der Waals surface area contributed by atoms with Crippen molar-refractivity contribution in [2.45, 2.75) is 13.3 Å². The third-order valence-corrected chi connectivity index (χ3v) is 2.77. The molecule has 0 atom stereocenters. The van der Waals surface area contributed by atoms with Gasteiger partial charge in [-0.05, 0) is 48.9 Å². The summed E-state index contributed by atoms with van der Waals surface area (Å²) in [6, 6.07) is 13.6. The zero-order chi connectivity index (χ0) is 15.1. The molecule has 2 rings (SSSR count). The van der Waals surface area contributed by atoms with Crippen LogP contribution in [0.2, 0.25) is 0 Å². The highest BCUT2D eigenvalue weighted by atomic mass is 19.1. The van der Waals surface area contributed by atoms with Gasteiger partial charge in [0.05, 0.1) is 12.2 Å². The normalized spacial score (nSPS) is 9.38. The van der Waals surface area contributed by atoms with Crippen LogP contribution in [-0.2, 0) is 0 Å². The molecule has 0 aromatic heterocycles. The second-order valence-electron chi connectivity index (χ2n) is 4.43. The Bertz CT molecular complexity index is 718. The summed E-state index contributed by atoms with van der Waals surface area (Å²) in [7, 11) is 0. The Labute approximate surface area is 123 Å². The van der Waals surface area contributed by atoms with E-state index in [1.165, 1.54) is 12.1 Å². The van der Waals surface area contributed by atoms with Crippen LogP contribution < -0.4 is 4.74 Å². The van der Waals surface area contributed by atoms with Crippen molar-refractivity contribution in [3.63, 3.8) is 0 Å². The molecule has 0 aliphatic heterocycles. The van der Waals surface area contributed by atoms with Crippen LogP contribution in [0.4, 0.5) is 4.39 Å². The van der Waals surface area contributed by atoms with Gasteiger partial charge in [0.15, 0.2) is 0 Å². The Hall–Kier alpha value is -2.78. The predicted octanol–water partition coefficient (Wildman–Crippen LogP) is 3.89. The van der Waals surface area contributed by atoms with Crippen LogP contribution in [-0.4, -0.2) is 6.61 Å². The molecule has 0 fully saturated rings. The van der Waals surface area contributed by atoms with Gasteiger partial charge >= 0.3 is 0 Å². The molecule has 2 aromatic rings. The predicted molar refractivity (Wildman–Crippen MR) is 79.3 cm³/mol. The minimum atomic E-state index is -0.549. The van der Waals surface area contributed by atoms with Gasteiger partial charge in [0.1, 0.15) is 17.6 Å². The van der Waals surface area contributed by atoms with Crippen LogP contribution in [0.1, 0.15) is 30.0 Å². The first-order chi connectivity index (χ1) is 10.2. The number of hydrogen-bond acceptors (Lipinski definition) is 2. The summed E-state index contributed by atoms with van der Waals surface area (Å²) in [4.78, 5) is 0. The fourth-order valence-corrected chi connectivity index (χ4v) is 1.68. The van der Waals surface area contributed by atoms with E-state index in [-0.39, 0.29) is 5.56 Å². The van der Waals surface area contributed by atoms with Crippen molar-refractivity contribution >= 4 is 0 Å². The smallest absolute Gasteiger partial charge is 0.142 e. The second kappa shape index (κ2) is 7.12. The monoisotopic (exact) mass is 279 g/mol. The lowest BCUT2D eigenvalue weighted by Crippen LogP contribution is -1.94. The summed E-state index contributed by atoms with van der Waals surface area (Å²) in [5.41, 5.74) is 1.39. The molecular formula is C18H14FNO. The molecule has 0 spiro atoms. The maximum absolute atomic E-state index is 13.4. The molecule has 0 aliphatic carbocycles. The number of rotatable bonds is 3. The Kier molecular flexibility index (Phi) is 4.96. The van der Waals surface area contributed by atoms with Gasteiger partial charge in [-0.1, -0.05) is 18.8 Å². The summed E-state index contributed by atoms with van der Waals surface area (Å²) in [5, 5.41) is 8.67.